The van der Waals surface area contributed by atoms with E-state index in [1.54, 1.807) is 6.07 Å². The van der Waals surface area contributed by atoms with Gasteiger partial charge < -0.3 is 9.47 Å². The van der Waals surface area contributed by atoms with Gasteiger partial charge in [0.1, 0.15) is 5.82 Å². The van der Waals surface area contributed by atoms with Gasteiger partial charge in [0.2, 0.25) is 0 Å². The summed E-state index contributed by atoms with van der Waals surface area (Å²) in [7, 11) is 3.02. The van der Waals surface area contributed by atoms with Crippen LogP contribution in [-0.4, -0.2) is 14.2 Å². The monoisotopic (exact) mass is 450 g/mol. The summed E-state index contributed by atoms with van der Waals surface area (Å²) in [5, 5.41) is 0. The Bertz CT molecular complexity index is 619. The van der Waals surface area contributed by atoms with Gasteiger partial charge in [0.05, 0.1) is 19.0 Å². The van der Waals surface area contributed by atoms with E-state index >= 15 is 0 Å². The predicted molar refractivity (Wildman–Crippen MR) is 89.4 cm³/mol. The molecule has 0 aromatic heterocycles. The molecule has 2 aromatic rings. The maximum absolute atomic E-state index is 14.2. The van der Waals surface area contributed by atoms with Gasteiger partial charge in [-0.2, -0.15) is 0 Å². The standard InChI is InChI=1S/C15H13BrFIO2/c1-19-13-7-11(12(17)8-14(13)20-2)15(16)9-4-3-5-10(18)6-9/h3-8,15H,1-2H3. The summed E-state index contributed by atoms with van der Waals surface area (Å²) in [6, 6.07) is 10.9. The van der Waals surface area contributed by atoms with E-state index in [4.69, 9.17) is 9.47 Å². The molecule has 0 aliphatic heterocycles. The van der Waals surface area contributed by atoms with E-state index in [0.717, 1.165) is 9.13 Å². The molecule has 2 rings (SSSR count). The molecule has 1 atom stereocenters. The van der Waals surface area contributed by atoms with Crippen LogP contribution in [0.2, 0.25) is 0 Å². The Morgan fingerprint density at radius 3 is 2.35 bits per heavy atom. The first-order valence-corrected chi connectivity index (χ1v) is 7.87. The summed E-state index contributed by atoms with van der Waals surface area (Å²) in [5.74, 6) is 0.568. The lowest BCUT2D eigenvalue weighted by Gasteiger charge is -2.15. The predicted octanol–water partition coefficient (Wildman–Crippen LogP) is 4.93. The molecule has 0 amide bonds. The Balaban J connectivity index is 2.46. The van der Waals surface area contributed by atoms with E-state index in [1.165, 1.54) is 20.3 Å². The molecule has 1 unspecified atom stereocenters. The second kappa shape index (κ2) is 6.76. The molecule has 0 N–H and O–H groups in total. The normalized spacial score (nSPS) is 12.1. The quantitative estimate of drug-likeness (QED) is 0.485. The number of hydrogen-bond acceptors (Lipinski definition) is 2. The Hall–Kier alpha value is -0.820. The zero-order valence-electron chi connectivity index (χ0n) is 11.0. The van der Waals surface area contributed by atoms with Crippen molar-refractivity contribution in [1.29, 1.82) is 0 Å². The number of ether oxygens (including phenoxy) is 2. The van der Waals surface area contributed by atoms with Crippen molar-refractivity contribution in [2.24, 2.45) is 0 Å². The second-order valence-electron chi connectivity index (χ2n) is 4.15. The fourth-order valence-corrected chi connectivity index (χ4v) is 3.11. The van der Waals surface area contributed by atoms with Crippen molar-refractivity contribution < 1.29 is 13.9 Å². The third kappa shape index (κ3) is 3.25. The molecule has 0 bridgehead atoms. The van der Waals surface area contributed by atoms with Gasteiger partial charge >= 0.3 is 0 Å². The molecule has 0 aliphatic rings. The van der Waals surface area contributed by atoms with E-state index in [1.807, 2.05) is 24.3 Å². The highest BCUT2D eigenvalue weighted by Gasteiger charge is 2.19. The molecular formula is C15H13BrFIO2. The highest BCUT2D eigenvalue weighted by molar-refractivity contribution is 14.1. The maximum atomic E-state index is 14.2. The average Bonchev–Trinajstić information content (AvgIpc) is 2.46. The number of hydrogen-bond donors (Lipinski definition) is 0. The van der Waals surface area contributed by atoms with Crippen LogP contribution in [0.5, 0.6) is 11.5 Å². The lowest BCUT2D eigenvalue weighted by molar-refractivity contribution is 0.351. The van der Waals surface area contributed by atoms with Crippen LogP contribution < -0.4 is 9.47 Å². The molecule has 0 radical (unpaired) electrons. The van der Waals surface area contributed by atoms with Gasteiger partial charge in [-0.15, -0.1) is 0 Å². The van der Waals surface area contributed by atoms with Gasteiger partial charge in [0.15, 0.2) is 11.5 Å². The van der Waals surface area contributed by atoms with Gasteiger partial charge in [-0.3, -0.25) is 0 Å². The number of alkyl halides is 1. The van der Waals surface area contributed by atoms with Crippen molar-refractivity contribution in [2.75, 3.05) is 14.2 Å². The summed E-state index contributed by atoms with van der Waals surface area (Å²) in [5.41, 5.74) is 1.51. The van der Waals surface area contributed by atoms with Crippen molar-refractivity contribution in [3.63, 3.8) is 0 Å². The van der Waals surface area contributed by atoms with Gasteiger partial charge in [-0.25, -0.2) is 4.39 Å². The molecule has 0 fully saturated rings. The summed E-state index contributed by atoms with van der Waals surface area (Å²) >= 11 is 5.78. The van der Waals surface area contributed by atoms with E-state index < -0.39 is 0 Å². The Morgan fingerprint density at radius 1 is 1.10 bits per heavy atom. The number of halogens is 3. The first kappa shape index (κ1) is 15.6. The summed E-state index contributed by atoms with van der Waals surface area (Å²) in [4.78, 5) is -0.239. The summed E-state index contributed by atoms with van der Waals surface area (Å²) in [6.07, 6.45) is 0. The first-order valence-electron chi connectivity index (χ1n) is 5.87. The molecule has 2 aromatic carbocycles. The second-order valence-corrected chi connectivity index (χ2v) is 6.31. The molecule has 0 spiro atoms. The zero-order chi connectivity index (χ0) is 14.7. The van der Waals surface area contributed by atoms with Crippen molar-refractivity contribution in [1.82, 2.24) is 0 Å². The molecular weight excluding hydrogens is 438 g/mol. The van der Waals surface area contributed by atoms with Crippen molar-refractivity contribution >= 4 is 38.5 Å². The van der Waals surface area contributed by atoms with Crippen LogP contribution in [0, 0.1) is 9.39 Å². The van der Waals surface area contributed by atoms with E-state index in [-0.39, 0.29) is 10.6 Å². The average molecular weight is 451 g/mol. The highest BCUT2D eigenvalue weighted by atomic mass is 127. The van der Waals surface area contributed by atoms with E-state index in [9.17, 15) is 4.39 Å². The van der Waals surface area contributed by atoms with Crippen molar-refractivity contribution in [3.05, 3.63) is 56.9 Å². The molecule has 0 saturated carbocycles. The van der Waals surface area contributed by atoms with Crippen molar-refractivity contribution in [3.8, 4) is 11.5 Å². The fraction of sp³-hybridized carbons (Fsp3) is 0.200. The fourth-order valence-electron chi connectivity index (χ4n) is 1.91. The number of methoxy groups -OCH3 is 2. The third-order valence-electron chi connectivity index (χ3n) is 2.92. The Labute approximate surface area is 139 Å². The lowest BCUT2D eigenvalue weighted by atomic mass is 10.0. The molecule has 0 heterocycles. The van der Waals surface area contributed by atoms with Crippen LogP contribution in [0.3, 0.4) is 0 Å². The number of benzene rings is 2. The van der Waals surface area contributed by atoms with Gasteiger partial charge in [-0.1, -0.05) is 28.1 Å². The van der Waals surface area contributed by atoms with Crippen LogP contribution in [0.4, 0.5) is 4.39 Å². The maximum Gasteiger partial charge on any atom is 0.163 e. The zero-order valence-corrected chi connectivity index (χ0v) is 14.7. The van der Waals surface area contributed by atoms with Crippen molar-refractivity contribution in [2.45, 2.75) is 4.83 Å². The van der Waals surface area contributed by atoms with Crippen LogP contribution >= 0.6 is 38.5 Å². The Morgan fingerprint density at radius 2 is 1.75 bits per heavy atom. The van der Waals surface area contributed by atoms with Gasteiger partial charge in [0, 0.05) is 15.2 Å². The smallest absolute Gasteiger partial charge is 0.163 e. The highest BCUT2D eigenvalue weighted by Crippen LogP contribution is 2.38. The minimum absolute atomic E-state index is 0.239. The molecule has 20 heavy (non-hydrogen) atoms. The van der Waals surface area contributed by atoms with Crippen LogP contribution in [0.1, 0.15) is 16.0 Å². The first-order chi connectivity index (χ1) is 9.56. The van der Waals surface area contributed by atoms with Gasteiger partial charge in [0.25, 0.3) is 0 Å². The Kier molecular flexibility index (Phi) is 5.26. The largest absolute Gasteiger partial charge is 0.493 e. The minimum Gasteiger partial charge on any atom is -0.493 e. The van der Waals surface area contributed by atoms with E-state index in [2.05, 4.69) is 38.5 Å². The lowest BCUT2D eigenvalue weighted by Crippen LogP contribution is -2.00. The number of rotatable bonds is 4. The molecule has 0 saturated heterocycles. The van der Waals surface area contributed by atoms with E-state index in [0.29, 0.717) is 17.1 Å². The van der Waals surface area contributed by atoms with Crippen LogP contribution in [-0.2, 0) is 0 Å². The minimum atomic E-state index is -0.330. The molecule has 0 aliphatic carbocycles. The molecule has 5 heteroatoms. The summed E-state index contributed by atoms with van der Waals surface area (Å²) < 4.78 is 25.6. The van der Waals surface area contributed by atoms with Crippen LogP contribution in [0.25, 0.3) is 0 Å². The van der Waals surface area contributed by atoms with Gasteiger partial charge in [-0.05, 0) is 46.4 Å². The molecule has 2 nitrogen and oxygen atoms in total. The topological polar surface area (TPSA) is 18.5 Å². The summed E-state index contributed by atoms with van der Waals surface area (Å²) in [6.45, 7) is 0. The third-order valence-corrected chi connectivity index (χ3v) is 4.61. The van der Waals surface area contributed by atoms with Crippen LogP contribution in [0.15, 0.2) is 36.4 Å². The SMILES string of the molecule is COc1cc(F)c(C(Br)c2cccc(I)c2)cc1OC. The molecule has 106 valence electrons.